The lowest BCUT2D eigenvalue weighted by Gasteiger charge is -2.23. The van der Waals surface area contributed by atoms with Crippen molar-refractivity contribution in [1.82, 2.24) is 25.4 Å². The lowest BCUT2D eigenvalue weighted by molar-refractivity contribution is -0.129. The van der Waals surface area contributed by atoms with Crippen LogP contribution >= 0.6 is 0 Å². The van der Waals surface area contributed by atoms with Crippen LogP contribution in [-0.2, 0) is 4.79 Å². The number of imidazole rings is 1. The van der Waals surface area contributed by atoms with Crippen molar-refractivity contribution in [1.29, 1.82) is 0 Å². The van der Waals surface area contributed by atoms with Gasteiger partial charge in [-0.25, -0.2) is 10.5 Å². The van der Waals surface area contributed by atoms with Gasteiger partial charge in [-0.2, -0.15) is 9.97 Å². The first-order chi connectivity index (χ1) is 16.2. The zero-order chi connectivity index (χ0) is 22.9. The van der Waals surface area contributed by atoms with Crippen LogP contribution in [0, 0.1) is 0 Å². The number of benzene rings is 1. The minimum absolute atomic E-state index is 0.320. The number of unbranched alkanes of at least 4 members (excludes halogenated alkanes) is 2. The van der Waals surface area contributed by atoms with E-state index in [1.54, 1.807) is 11.8 Å². The molecule has 2 heterocycles. The Bertz CT molecular complexity index is 1030. The van der Waals surface area contributed by atoms with Gasteiger partial charge in [-0.05, 0) is 56.4 Å². The number of ether oxygens (including phenoxy) is 1. The molecule has 0 bridgehead atoms. The minimum atomic E-state index is -0.355. The van der Waals surface area contributed by atoms with E-state index in [4.69, 9.17) is 14.9 Å². The molecule has 3 aromatic rings. The number of nitrogens with one attached hydrogen (secondary N) is 4. The summed E-state index contributed by atoms with van der Waals surface area (Å²) in [5, 5.41) is 15.3. The Morgan fingerprint density at radius 2 is 1.91 bits per heavy atom. The summed E-state index contributed by atoms with van der Waals surface area (Å²) >= 11 is 0. The number of carbonyl (C=O) groups excluding carboxylic acids is 1. The van der Waals surface area contributed by atoms with Gasteiger partial charge in [0.15, 0.2) is 11.5 Å². The van der Waals surface area contributed by atoms with E-state index in [2.05, 4.69) is 25.6 Å². The molecule has 1 aromatic carbocycles. The van der Waals surface area contributed by atoms with Crippen molar-refractivity contribution in [3.05, 3.63) is 30.6 Å². The van der Waals surface area contributed by atoms with E-state index < -0.39 is 0 Å². The van der Waals surface area contributed by atoms with Crippen molar-refractivity contribution in [2.75, 3.05) is 17.2 Å². The highest BCUT2D eigenvalue weighted by Crippen LogP contribution is 2.26. The molecule has 1 amide bonds. The SMILES string of the molecule is O=C(CCCCCOc1ccc(Nc2nc(NC3CCCCC3)c3[nH]cnc3n2)cc1)NO. The van der Waals surface area contributed by atoms with Gasteiger partial charge in [0.1, 0.15) is 11.3 Å². The van der Waals surface area contributed by atoms with Gasteiger partial charge in [0, 0.05) is 18.2 Å². The van der Waals surface area contributed by atoms with Crippen LogP contribution in [0.4, 0.5) is 17.5 Å². The summed E-state index contributed by atoms with van der Waals surface area (Å²) in [6.45, 7) is 0.572. The molecular weight excluding hydrogens is 422 g/mol. The highest BCUT2D eigenvalue weighted by atomic mass is 16.5. The van der Waals surface area contributed by atoms with Crippen LogP contribution in [0.3, 0.4) is 0 Å². The molecule has 1 aliphatic rings. The number of aromatic nitrogens is 4. The summed E-state index contributed by atoms with van der Waals surface area (Å²) in [6.07, 6.45) is 10.5. The van der Waals surface area contributed by atoms with Crippen molar-refractivity contribution in [2.24, 2.45) is 0 Å². The summed E-state index contributed by atoms with van der Waals surface area (Å²) in [5.41, 5.74) is 3.95. The molecule has 0 unspecified atom stereocenters. The number of carbonyl (C=O) groups is 1. The van der Waals surface area contributed by atoms with Gasteiger partial charge in [-0.15, -0.1) is 0 Å². The van der Waals surface area contributed by atoms with Gasteiger partial charge in [0.2, 0.25) is 11.9 Å². The number of fused-ring (bicyclic) bond motifs is 1. The number of hydrogen-bond acceptors (Lipinski definition) is 8. The summed E-state index contributed by atoms with van der Waals surface area (Å²) in [7, 11) is 0. The Labute approximate surface area is 192 Å². The van der Waals surface area contributed by atoms with Gasteiger partial charge in [-0.1, -0.05) is 19.3 Å². The van der Waals surface area contributed by atoms with Crippen molar-refractivity contribution in [3.63, 3.8) is 0 Å². The number of nitrogens with zero attached hydrogens (tertiary/aromatic N) is 3. The van der Waals surface area contributed by atoms with E-state index in [0.717, 1.165) is 54.9 Å². The fourth-order valence-electron chi connectivity index (χ4n) is 4.01. The van der Waals surface area contributed by atoms with Crippen LogP contribution in [-0.4, -0.2) is 43.7 Å². The normalized spacial score (nSPS) is 14.2. The van der Waals surface area contributed by atoms with Crippen LogP contribution in [0.5, 0.6) is 5.75 Å². The van der Waals surface area contributed by atoms with Crippen LogP contribution in [0.2, 0.25) is 0 Å². The second-order valence-electron chi connectivity index (χ2n) is 8.32. The van der Waals surface area contributed by atoms with E-state index in [1.165, 1.54) is 19.3 Å². The molecule has 1 fully saturated rings. The lowest BCUT2D eigenvalue weighted by Crippen LogP contribution is -2.23. The van der Waals surface area contributed by atoms with Crippen molar-refractivity contribution in [3.8, 4) is 5.75 Å². The highest BCUT2D eigenvalue weighted by molar-refractivity contribution is 5.84. The Balaban J connectivity index is 1.31. The largest absolute Gasteiger partial charge is 0.494 e. The first-order valence-corrected chi connectivity index (χ1v) is 11.6. The quantitative estimate of drug-likeness (QED) is 0.165. The lowest BCUT2D eigenvalue weighted by atomic mass is 9.95. The first-order valence-electron chi connectivity index (χ1n) is 11.6. The van der Waals surface area contributed by atoms with Gasteiger partial charge >= 0.3 is 0 Å². The van der Waals surface area contributed by atoms with Crippen LogP contribution < -0.4 is 20.9 Å². The summed E-state index contributed by atoms with van der Waals surface area (Å²) < 4.78 is 5.76. The third kappa shape index (κ3) is 6.55. The van der Waals surface area contributed by atoms with E-state index >= 15 is 0 Å². The van der Waals surface area contributed by atoms with Crippen molar-refractivity contribution >= 4 is 34.5 Å². The molecule has 176 valence electrons. The topological polar surface area (TPSA) is 137 Å². The monoisotopic (exact) mass is 453 g/mol. The maximum atomic E-state index is 11.0. The Hall–Kier alpha value is -3.40. The molecule has 1 saturated carbocycles. The van der Waals surface area contributed by atoms with E-state index in [1.807, 2.05) is 24.3 Å². The Morgan fingerprint density at radius 1 is 1.09 bits per heavy atom. The predicted octanol–water partition coefficient (Wildman–Crippen LogP) is 4.29. The number of hydroxylamine groups is 1. The van der Waals surface area contributed by atoms with E-state index in [0.29, 0.717) is 30.7 Å². The molecule has 10 nitrogen and oxygen atoms in total. The molecule has 5 N–H and O–H groups in total. The molecule has 0 aliphatic heterocycles. The highest BCUT2D eigenvalue weighted by Gasteiger charge is 2.17. The van der Waals surface area contributed by atoms with Crippen molar-refractivity contribution < 1.29 is 14.7 Å². The molecule has 4 rings (SSSR count). The Kier molecular flexibility index (Phi) is 7.91. The van der Waals surface area contributed by atoms with Crippen LogP contribution in [0.25, 0.3) is 11.2 Å². The number of hydrogen-bond donors (Lipinski definition) is 5. The summed E-state index contributed by atoms with van der Waals surface area (Å²) in [4.78, 5) is 27.7. The molecule has 10 heteroatoms. The zero-order valence-corrected chi connectivity index (χ0v) is 18.6. The third-order valence-electron chi connectivity index (χ3n) is 5.78. The first kappa shape index (κ1) is 22.8. The Morgan fingerprint density at radius 3 is 2.70 bits per heavy atom. The number of H-pyrrole nitrogens is 1. The molecule has 0 radical (unpaired) electrons. The van der Waals surface area contributed by atoms with Crippen LogP contribution in [0.15, 0.2) is 30.6 Å². The molecule has 33 heavy (non-hydrogen) atoms. The fourth-order valence-corrected chi connectivity index (χ4v) is 4.01. The smallest absolute Gasteiger partial charge is 0.243 e. The molecule has 0 saturated heterocycles. The number of rotatable bonds is 11. The second-order valence-corrected chi connectivity index (χ2v) is 8.32. The molecular formula is C23H31N7O3. The molecule has 0 atom stereocenters. The maximum absolute atomic E-state index is 11.0. The van der Waals surface area contributed by atoms with Crippen LogP contribution in [0.1, 0.15) is 57.8 Å². The average Bonchev–Trinajstić information content (AvgIpc) is 3.32. The standard InChI is InChI=1S/C23H31N7O3/c31-19(30-32)9-5-2-6-14-33-18-12-10-17(11-13-18)27-23-28-21-20(24-15-25-21)22(29-23)26-16-7-3-1-4-8-16/h10-13,15-16,32H,1-9,14H2,(H,30,31)(H3,24,25,26,27,28,29). The van der Waals surface area contributed by atoms with Gasteiger partial charge in [0.05, 0.1) is 12.9 Å². The fraction of sp³-hybridized carbons (Fsp3) is 0.478. The maximum Gasteiger partial charge on any atom is 0.243 e. The average molecular weight is 454 g/mol. The summed E-state index contributed by atoms with van der Waals surface area (Å²) in [6, 6.07) is 8.07. The van der Waals surface area contributed by atoms with Gasteiger partial charge in [-0.3, -0.25) is 10.0 Å². The number of aromatic amines is 1. The molecule has 2 aromatic heterocycles. The van der Waals surface area contributed by atoms with E-state index in [9.17, 15) is 4.79 Å². The minimum Gasteiger partial charge on any atom is -0.494 e. The van der Waals surface area contributed by atoms with Crippen molar-refractivity contribution in [2.45, 2.75) is 63.8 Å². The van der Waals surface area contributed by atoms with E-state index in [-0.39, 0.29) is 5.91 Å². The van der Waals surface area contributed by atoms with Gasteiger partial charge in [0.25, 0.3) is 0 Å². The molecule has 0 spiro atoms. The summed E-state index contributed by atoms with van der Waals surface area (Å²) in [5.74, 6) is 1.69. The molecule has 1 aliphatic carbocycles. The number of anilines is 3. The zero-order valence-electron chi connectivity index (χ0n) is 18.6. The third-order valence-corrected chi connectivity index (χ3v) is 5.78. The number of amides is 1. The van der Waals surface area contributed by atoms with Gasteiger partial charge < -0.3 is 20.4 Å². The predicted molar refractivity (Wildman–Crippen MR) is 126 cm³/mol. The second kappa shape index (κ2) is 11.5.